The van der Waals surface area contributed by atoms with E-state index >= 15 is 0 Å². The maximum Gasteiger partial charge on any atom is 0.338 e. The zero-order valence-electron chi connectivity index (χ0n) is 14.7. The fourth-order valence-corrected chi connectivity index (χ4v) is 3.36. The second-order valence-corrected chi connectivity index (χ2v) is 7.17. The molecule has 1 unspecified atom stereocenters. The molecule has 1 aliphatic heterocycles. The van der Waals surface area contributed by atoms with E-state index in [1.807, 2.05) is 54.6 Å². The SMILES string of the molecule is CC1=C(C(=O)OCCOc2ccccc2)C(c2cccc(I)c2)NC(=O)N1. The van der Waals surface area contributed by atoms with Crippen molar-refractivity contribution in [1.29, 1.82) is 0 Å². The molecule has 2 aromatic carbocycles. The Balaban J connectivity index is 1.68. The molecule has 6 nitrogen and oxygen atoms in total. The van der Waals surface area contributed by atoms with Crippen LogP contribution >= 0.6 is 22.6 Å². The van der Waals surface area contributed by atoms with Gasteiger partial charge in [0.15, 0.2) is 0 Å². The van der Waals surface area contributed by atoms with Crippen LogP contribution in [-0.4, -0.2) is 25.2 Å². The lowest BCUT2D eigenvalue weighted by Crippen LogP contribution is -2.45. The van der Waals surface area contributed by atoms with E-state index < -0.39 is 12.0 Å². The summed E-state index contributed by atoms with van der Waals surface area (Å²) in [6.07, 6.45) is 0. The first kappa shape index (κ1) is 19.2. The molecule has 2 N–H and O–H groups in total. The van der Waals surface area contributed by atoms with Crippen molar-refractivity contribution in [3.8, 4) is 5.75 Å². The molecule has 0 bridgehead atoms. The number of esters is 1. The summed E-state index contributed by atoms with van der Waals surface area (Å²) >= 11 is 2.19. The van der Waals surface area contributed by atoms with Crippen LogP contribution in [0.4, 0.5) is 4.79 Å². The molecule has 1 heterocycles. The normalized spacial score (nSPS) is 16.4. The zero-order chi connectivity index (χ0) is 19.2. The second kappa shape index (κ2) is 8.90. The Morgan fingerprint density at radius 2 is 1.89 bits per heavy atom. The Morgan fingerprint density at radius 3 is 2.63 bits per heavy atom. The molecule has 3 rings (SSSR count). The van der Waals surface area contributed by atoms with Crippen molar-refractivity contribution in [2.75, 3.05) is 13.2 Å². The number of hydrogen-bond donors (Lipinski definition) is 2. The molecule has 0 aliphatic carbocycles. The van der Waals surface area contributed by atoms with E-state index in [2.05, 4.69) is 33.2 Å². The van der Waals surface area contributed by atoms with Crippen molar-refractivity contribution < 1.29 is 19.1 Å². The lowest BCUT2D eigenvalue weighted by molar-refractivity contribution is -0.140. The van der Waals surface area contributed by atoms with Crippen molar-refractivity contribution in [2.24, 2.45) is 0 Å². The number of carbonyl (C=O) groups is 2. The number of rotatable bonds is 6. The van der Waals surface area contributed by atoms with Gasteiger partial charge in [0.2, 0.25) is 0 Å². The summed E-state index contributed by atoms with van der Waals surface area (Å²) in [7, 11) is 0. The molecule has 2 aromatic rings. The van der Waals surface area contributed by atoms with Gasteiger partial charge in [-0.2, -0.15) is 0 Å². The first-order valence-electron chi connectivity index (χ1n) is 8.43. The third-order valence-electron chi connectivity index (χ3n) is 4.00. The molecule has 1 atom stereocenters. The average Bonchev–Trinajstić information content (AvgIpc) is 2.65. The van der Waals surface area contributed by atoms with Gasteiger partial charge in [0.05, 0.1) is 11.6 Å². The van der Waals surface area contributed by atoms with Crippen molar-refractivity contribution >= 4 is 34.6 Å². The summed E-state index contributed by atoms with van der Waals surface area (Å²) < 4.78 is 11.9. The van der Waals surface area contributed by atoms with Gasteiger partial charge in [-0.15, -0.1) is 0 Å². The molecule has 0 radical (unpaired) electrons. The van der Waals surface area contributed by atoms with Crippen LogP contribution in [0.15, 0.2) is 65.9 Å². The summed E-state index contributed by atoms with van der Waals surface area (Å²) in [5.41, 5.74) is 1.69. The molecule has 0 fully saturated rings. The topological polar surface area (TPSA) is 76.7 Å². The molecule has 0 spiro atoms. The van der Waals surface area contributed by atoms with Crippen molar-refractivity contribution in [2.45, 2.75) is 13.0 Å². The number of carbonyl (C=O) groups excluding carboxylic acids is 2. The van der Waals surface area contributed by atoms with Gasteiger partial charge in [-0.1, -0.05) is 30.3 Å². The van der Waals surface area contributed by atoms with Crippen LogP contribution in [0.1, 0.15) is 18.5 Å². The highest BCUT2D eigenvalue weighted by Crippen LogP contribution is 2.28. The minimum atomic E-state index is -0.559. The van der Waals surface area contributed by atoms with Crippen molar-refractivity contribution in [3.63, 3.8) is 0 Å². The lowest BCUT2D eigenvalue weighted by Gasteiger charge is -2.28. The predicted octanol–water partition coefficient (Wildman–Crippen LogP) is 3.54. The van der Waals surface area contributed by atoms with Crippen LogP contribution in [0, 0.1) is 3.57 Å². The first-order valence-corrected chi connectivity index (χ1v) is 9.51. The Hall–Kier alpha value is -2.55. The summed E-state index contributed by atoms with van der Waals surface area (Å²) in [6, 6.07) is 16.0. The largest absolute Gasteiger partial charge is 0.490 e. The quantitative estimate of drug-likeness (QED) is 0.379. The monoisotopic (exact) mass is 478 g/mol. The number of nitrogens with one attached hydrogen (secondary N) is 2. The zero-order valence-corrected chi connectivity index (χ0v) is 16.9. The molecule has 27 heavy (non-hydrogen) atoms. The number of hydrogen-bond acceptors (Lipinski definition) is 4. The molecule has 2 amide bonds. The molecule has 1 aliphatic rings. The van der Waals surface area contributed by atoms with Crippen molar-refractivity contribution in [1.82, 2.24) is 10.6 Å². The molecule has 7 heteroatoms. The number of halogens is 1. The van der Waals surface area contributed by atoms with Crippen LogP contribution in [0.2, 0.25) is 0 Å². The average molecular weight is 478 g/mol. The van der Waals surface area contributed by atoms with Gasteiger partial charge >= 0.3 is 12.0 Å². The van der Waals surface area contributed by atoms with Crippen LogP contribution in [-0.2, 0) is 9.53 Å². The molecule has 0 saturated carbocycles. The van der Waals surface area contributed by atoms with Gasteiger partial charge < -0.3 is 20.1 Å². The van der Waals surface area contributed by atoms with E-state index in [1.165, 1.54) is 0 Å². The van der Waals surface area contributed by atoms with E-state index in [0.717, 1.165) is 9.13 Å². The van der Waals surface area contributed by atoms with Gasteiger partial charge in [0, 0.05) is 9.27 Å². The maximum absolute atomic E-state index is 12.7. The maximum atomic E-state index is 12.7. The minimum Gasteiger partial charge on any atom is -0.490 e. The Bertz CT molecular complexity index is 867. The molecule has 0 saturated heterocycles. The number of ether oxygens (including phenoxy) is 2. The van der Waals surface area contributed by atoms with Crippen LogP contribution in [0.25, 0.3) is 0 Å². The first-order chi connectivity index (χ1) is 13.0. The molecular weight excluding hydrogens is 459 g/mol. The lowest BCUT2D eigenvalue weighted by atomic mass is 9.96. The summed E-state index contributed by atoms with van der Waals surface area (Å²) in [5, 5.41) is 5.43. The molecule has 140 valence electrons. The summed E-state index contributed by atoms with van der Waals surface area (Å²) in [6.45, 7) is 2.05. The van der Waals surface area contributed by atoms with Crippen LogP contribution < -0.4 is 15.4 Å². The highest BCUT2D eigenvalue weighted by molar-refractivity contribution is 14.1. The number of para-hydroxylation sites is 1. The fourth-order valence-electron chi connectivity index (χ4n) is 2.79. The van der Waals surface area contributed by atoms with Crippen molar-refractivity contribution in [3.05, 3.63) is 75.0 Å². The van der Waals surface area contributed by atoms with E-state index in [1.54, 1.807) is 6.92 Å². The Morgan fingerprint density at radius 1 is 1.11 bits per heavy atom. The van der Waals surface area contributed by atoms with Gasteiger partial charge in [0.1, 0.15) is 19.0 Å². The second-order valence-electron chi connectivity index (χ2n) is 5.92. The standard InChI is InChI=1S/C20H19IN2O4/c1-13-17(19(24)27-11-10-26-16-8-3-2-4-9-16)18(23-20(25)22-13)14-6-5-7-15(21)12-14/h2-9,12,18H,10-11H2,1H3,(H2,22,23,25). The van der Waals surface area contributed by atoms with Gasteiger partial charge in [-0.3, -0.25) is 0 Å². The van der Waals surface area contributed by atoms with E-state index in [0.29, 0.717) is 17.0 Å². The minimum absolute atomic E-state index is 0.109. The van der Waals surface area contributed by atoms with E-state index in [9.17, 15) is 9.59 Å². The molecular formula is C20H19IN2O4. The predicted molar refractivity (Wildman–Crippen MR) is 109 cm³/mol. The molecule has 0 aromatic heterocycles. The third-order valence-corrected chi connectivity index (χ3v) is 4.67. The Labute approximate surface area is 171 Å². The third kappa shape index (κ3) is 5.00. The Kier molecular flexibility index (Phi) is 6.33. The number of allylic oxidation sites excluding steroid dienone is 1. The smallest absolute Gasteiger partial charge is 0.338 e. The van der Waals surface area contributed by atoms with Crippen LogP contribution in [0.3, 0.4) is 0 Å². The summed E-state index contributed by atoms with van der Waals surface area (Å²) in [5.74, 6) is 0.229. The van der Waals surface area contributed by atoms with E-state index in [4.69, 9.17) is 9.47 Å². The van der Waals surface area contributed by atoms with Crippen LogP contribution in [0.5, 0.6) is 5.75 Å². The van der Waals surface area contributed by atoms with E-state index in [-0.39, 0.29) is 19.2 Å². The highest BCUT2D eigenvalue weighted by Gasteiger charge is 2.32. The number of urea groups is 1. The summed E-state index contributed by atoms with van der Waals surface area (Å²) in [4.78, 5) is 24.6. The number of amides is 2. The van der Waals surface area contributed by atoms with Gasteiger partial charge in [-0.25, -0.2) is 9.59 Å². The highest BCUT2D eigenvalue weighted by atomic mass is 127. The van der Waals surface area contributed by atoms with Gasteiger partial charge in [-0.05, 0) is 59.3 Å². The number of benzene rings is 2. The fraction of sp³-hybridized carbons (Fsp3) is 0.200. The van der Waals surface area contributed by atoms with Gasteiger partial charge in [0.25, 0.3) is 0 Å².